The highest BCUT2D eigenvalue weighted by molar-refractivity contribution is 5.97. The number of rotatable bonds is 4. The highest BCUT2D eigenvalue weighted by atomic mass is 19.1. The molecule has 98 valence electrons. The molecule has 0 aliphatic heterocycles. The number of carbonyl (C=O) groups excluding carboxylic acids is 1. The van der Waals surface area contributed by atoms with E-state index in [-0.39, 0.29) is 17.8 Å². The van der Waals surface area contributed by atoms with Crippen LogP contribution in [-0.4, -0.2) is 18.4 Å². The van der Waals surface area contributed by atoms with Crippen LogP contribution in [0.2, 0.25) is 0 Å². The molecule has 1 aromatic rings. The largest absolute Gasteiger partial charge is 0.497 e. The van der Waals surface area contributed by atoms with E-state index >= 15 is 0 Å². The van der Waals surface area contributed by atoms with E-state index < -0.39 is 11.4 Å². The fourth-order valence-electron chi connectivity index (χ4n) is 2.52. The second-order valence-corrected chi connectivity index (χ2v) is 5.02. The van der Waals surface area contributed by atoms with Crippen LogP contribution in [0.1, 0.15) is 42.5 Å². The highest BCUT2D eigenvalue weighted by Crippen LogP contribution is 2.31. The second kappa shape index (κ2) is 5.06. The zero-order valence-corrected chi connectivity index (χ0v) is 10.5. The van der Waals surface area contributed by atoms with E-state index in [1.165, 1.54) is 19.2 Å². The number of halogens is 1. The first-order valence-corrected chi connectivity index (χ1v) is 6.20. The second-order valence-electron chi connectivity index (χ2n) is 5.02. The molecule has 0 spiro atoms. The van der Waals surface area contributed by atoms with Crippen LogP contribution in [0.3, 0.4) is 0 Å². The van der Waals surface area contributed by atoms with Crippen molar-refractivity contribution in [2.45, 2.75) is 37.6 Å². The van der Waals surface area contributed by atoms with E-state index in [2.05, 4.69) is 0 Å². The molecule has 2 rings (SSSR count). The number of carbonyl (C=O) groups is 1. The van der Waals surface area contributed by atoms with Crippen molar-refractivity contribution in [3.63, 3.8) is 0 Å². The Hall–Kier alpha value is -1.42. The van der Waals surface area contributed by atoms with E-state index in [9.17, 15) is 9.18 Å². The Morgan fingerprint density at radius 3 is 2.67 bits per heavy atom. The maximum atomic E-state index is 13.7. The SMILES string of the molecule is COc1ccc(C(=O)CC2(N)CCCC2)c(F)c1. The molecular formula is C14H18FNO2. The van der Waals surface area contributed by atoms with Crippen molar-refractivity contribution in [3.8, 4) is 5.75 Å². The molecule has 0 saturated heterocycles. The van der Waals surface area contributed by atoms with Gasteiger partial charge in [0.1, 0.15) is 11.6 Å². The number of ketones is 1. The minimum atomic E-state index is -0.541. The lowest BCUT2D eigenvalue weighted by molar-refractivity contribution is 0.0948. The summed E-state index contributed by atoms with van der Waals surface area (Å²) in [5.41, 5.74) is 5.80. The van der Waals surface area contributed by atoms with E-state index in [4.69, 9.17) is 10.5 Å². The third-order valence-corrected chi connectivity index (χ3v) is 3.59. The highest BCUT2D eigenvalue weighted by Gasteiger charge is 2.32. The summed E-state index contributed by atoms with van der Waals surface area (Å²) in [6.45, 7) is 0. The lowest BCUT2D eigenvalue weighted by Crippen LogP contribution is -2.38. The Balaban J connectivity index is 2.13. The zero-order chi connectivity index (χ0) is 13.2. The van der Waals surface area contributed by atoms with Gasteiger partial charge >= 0.3 is 0 Å². The van der Waals surface area contributed by atoms with Crippen LogP contribution in [0.5, 0.6) is 5.75 Å². The summed E-state index contributed by atoms with van der Waals surface area (Å²) in [6, 6.07) is 4.29. The molecule has 0 amide bonds. The van der Waals surface area contributed by atoms with Gasteiger partial charge in [-0.3, -0.25) is 4.79 Å². The Labute approximate surface area is 106 Å². The molecule has 0 radical (unpaired) electrons. The molecule has 1 aliphatic rings. The predicted octanol–water partition coefficient (Wildman–Crippen LogP) is 2.68. The van der Waals surface area contributed by atoms with Crippen LogP contribution in [0.15, 0.2) is 18.2 Å². The van der Waals surface area contributed by atoms with Crippen molar-refractivity contribution < 1.29 is 13.9 Å². The van der Waals surface area contributed by atoms with Gasteiger partial charge in [-0.15, -0.1) is 0 Å². The molecule has 0 heterocycles. The topological polar surface area (TPSA) is 52.3 Å². The smallest absolute Gasteiger partial charge is 0.167 e. The Morgan fingerprint density at radius 2 is 2.11 bits per heavy atom. The van der Waals surface area contributed by atoms with Gasteiger partial charge in [-0.25, -0.2) is 4.39 Å². The molecule has 1 fully saturated rings. The first-order valence-electron chi connectivity index (χ1n) is 6.20. The summed E-state index contributed by atoms with van der Waals surface area (Å²) in [6.07, 6.45) is 4.01. The van der Waals surface area contributed by atoms with Crippen molar-refractivity contribution >= 4 is 5.78 Å². The summed E-state index contributed by atoms with van der Waals surface area (Å²) in [5.74, 6) is -0.354. The van der Waals surface area contributed by atoms with Gasteiger partial charge in [0.05, 0.1) is 12.7 Å². The number of hydrogen-bond acceptors (Lipinski definition) is 3. The first kappa shape index (κ1) is 13.0. The summed E-state index contributed by atoms with van der Waals surface area (Å²) in [4.78, 5) is 12.1. The van der Waals surface area contributed by atoms with Crippen molar-refractivity contribution in [2.24, 2.45) is 5.73 Å². The molecular weight excluding hydrogens is 233 g/mol. The quantitative estimate of drug-likeness (QED) is 0.837. The van der Waals surface area contributed by atoms with Gasteiger partial charge in [-0.05, 0) is 25.0 Å². The third-order valence-electron chi connectivity index (χ3n) is 3.59. The average molecular weight is 251 g/mol. The summed E-state index contributed by atoms with van der Waals surface area (Å²) >= 11 is 0. The number of nitrogens with two attached hydrogens (primary N) is 1. The molecule has 0 bridgehead atoms. The summed E-state index contributed by atoms with van der Waals surface area (Å²) in [7, 11) is 1.46. The Bertz CT molecular complexity index is 453. The van der Waals surface area contributed by atoms with Crippen LogP contribution < -0.4 is 10.5 Å². The van der Waals surface area contributed by atoms with E-state index in [0.29, 0.717) is 5.75 Å². The minimum Gasteiger partial charge on any atom is -0.497 e. The van der Waals surface area contributed by atoms with Crippen LogP contribution >= 0.6 is 0 Å². The third kappa shape index (κ3) is 2.70. The fourth-order valence-corrected chi connectivity index (χ4v) is 2.52. The standard InChI is InChI=1S/C14H18FNO2/c1-18-10-4-5-11(12(15)8-10)13(17)9-14(16)6-2-3-7-14/h4-5,8H,2-3,6-7,9,16H2,1H3. The number of methoxy groups -OCH3 is 1. The van der Waals surface area contributed by atoms with Crippen LogP contribution in [0.25, 0.3) is 0 Å². The van der Waals surface area contributed by atoms with Gasteiger partial charge in [-0.2, -0.15) is 0 Å². The first-order chi connectivity index (χ1) is 8.54. The van der Waals surface area contributed by atoms with Gasteiger partial charge in [0.15, 0.2) is 5.78 Å². The molecule has 0 unspecified atom stereocenters. The van der Waals surface area contributed by atoms with Crippen molar-refractivity contribution in [1.82, 2.24) is 0 Å². The molecule has 1 saturated carbocycles. The average Bonchev–Trinajstić information content (AvgIpc) is 2.75. The normalized spacial score (nSPS) is 17.7. The van der Waals surface area contributed by atoms with Crippen LogP contribution in [0.4, 0.5) is 4.39 Å². The number of benzene rings is 1. The van der Waals surface area contributed by atoms with Crippen molar-refractivity contribution in [3.05, 3.63) is 29.6 Å². The Morgan fingerprint density at radius 1 is 1.44 bits per heavy atom. The molecule has 0 aromatic heterocycles. The van der Waals surface area contributed by atoms with E-state index in [0.717, 1.165) is 25.7 Å². The fraction of sp³-hybridized carbons (Fsp3) is 0.500. The number of Topliss-reactive ketones (excluding diaryl/α,β-unsaturated/α-hetero) is 1. The predicted molar refractivity (Wildman–Crippen MR) is 67.3 cm³/mol. The van der Waals surface area contributed by atoms with Crippen LogP contribution in [-0.2, 0) is 0 Å². The minimum absolute atomic E-state index is 0.104. The van der Waals surface area contributed by atoms with Gasteiger partial charge in [0.25, 0.3) is 0 Å². The Kier molecular flexibility index (Phi) is 3.66. The van der Waals surface area contributed by atoms with E-state index in [1.54, 1.807) is 6.07 Å². The van der Waals surface area contributed by atoms with Gasteiger partial charge in [-0.1, -0.05) is 12.8 Å². The molecule has 4 heteroatoms. The van der Waals surface area contributed by atoms with Crippen molar-refractivity contribution in [2.75, 3.05) is 7.11 Å². The van der Waals surface area contributed by atoms with Gasteiger partial charge in [0.2, 0.25) is 0 Å². The molecule has 3 nitrogen and oxygen atoms in total. The van der Waals surface area contributed by atoms with Gasteiger partial charge < -0.3 is 10.5 Å². The summed E-state index contributed by atoms with van der Waals surface area (Å²) < 4.78 is 18.7. The van der Waals surface area contributed by atoms with Gasteiger partial charge in [0, 0.05) is 18.0 Å². The number of hydrogen-bond donors (Lipinski definition) is 1. The molecule has 18 heavy (non-hydrogen) atoms. The maximum absolute atomic E-state index is 13.7. The molecule has 0 atom stereocenters. The zero-order valence-electron chi connectivity index (χ0n) is 10.5. The summed E-state index contributed by atoms with van der Waals surface area (Å²) in [5, 5.41) is 0. The van der Waals surface area contributed by atoms with Crippen LogP contribution in [0, 0.1) is 5.82 Å². The van der Waals surface area contributed by atoms with E-state index in [1.807, 2.05) is 0 Å². The van der Waals surface area contributed by atoms with Crippen molar-refractivity contribution in [1.29, 1.82) is 0 Å². The monoisotopic (exact) mass is 251 g/mol. The molecule has 1 aliphatic carbocycles. The maximum Gasteiger partial charge on any atom is 0.167 e. The number of ether oxygens (including phenoxy) is 1. The molecule has 1 aromatic carbocycles. The lowest BCUT2D eigenvalue weighted by Gasteiger charge is -2.22. The molecule has 2 N–H and O–H groups in total. The lowest BCUT2D eigenvalue weighted by atomic mass is 9.90.